The van der Waals surface area contributed by atoms with Gasteiger partial charge in [-0.15, -0.1) is 0 Å². The number of benzene rings is 1. The standard InChI is InChI=1S/C14H11Cl2NO5/c15-8-1-2-9(10(16)5-8)11(18)7-22-14(21)6-17-12(19)3-4-13(17)20/h1-2,5H,3-4,6-7H2. The van der Waals surface area contributed by atoms with E-state index in [1.54, 1.807) is 0 Å². The number of hydrogen-bond donors (Lipinski definition) is 0. The summed E-state index contributed by atoms with van der Waals surface area (Å²) in [5, 5.41) is 0.531. The number of rotatable bonds is 5. The second-order valence-electron chi connectivity index (χ2n) is 4.58. The number of carbonyl (C=O) groups excluding carboxylic acids is 4. The van der Waals surface area contributed by atoms with Gasteiger partial charge in [0.2, 0.25) is 17.6 Å². The number of nitrogens with zero attached hydrogens (tertiary/aromatic N) is 1. The Kier molecular flexibility index (Phi) is 5.15. The zero-order chi connectivity index (χ0) is 16.3. The van der Waals surface area contributed by atoms with Gasteiger partial charge in [0.15, 0.2) is 6.61 Å². The number of hydrogen-bond acceptors (Lipinski definition) is 5. The molecule has 1 saturated heterocycles. The van der Waals surface area contributed by atoms with Gasteiger partial charge >= 0.3 is 5.97 Å². The Labute approximate surface area is 135 Å². The van der Waals surface area contributed by atoms with Crippen LogP contribution in [0.2, 0.25) is 10.0 Å². The zero-order valence-corrected chi connectivity index (χ0v) is 12.8. The van der Waals surface area contributed by atoms with Crippen molar-refractivity contribution >= 4 is 46.8 Å². The van der Waals surface area contributed by atoms with E-state index in [-0.39, 0.29) is 23.4 Å². The number of ether oxygens (including phenoxy) is 1. The quantitative estimate of drug-likeness (QED) is 0.463. The average molecular weight is 344 g/mol. The van der Waals surface area contributed by atoms with Crippen LogP contribution in [0.3, 0.4) is 0 Å². The molecule has 1 aromatic rings. The number of carbonyl (C=O) groups is 4. The molecule has 0 unspecified atom stereocenters. The van der Waals surface area contributed by atoms with Crippen molar-refractivity contribution in [3.63, 3.8) is 0 Å². The van der Waals surface area contributed by atoms with Crippen molar-refractivity contribution in [2.75, 3.05) is 13.2 Å². The monoisotopic (exact) mass is 343 g/mol. The molecule has 1 aliphatic rings. The number of imide groups is 1. The fraction of sp³-hybridized carbons (Fsp3) is 0.286. The first kappa shape index (κ1) is 16.5. The van der Waals surface area contributed by atoms with Crippen molar-refractivity contribution in [1.82, 2.24) is 4.90 Å². The van der Waals surface area contributed by atoms with Gasteiger partial charge in [0.1, 0.15) is 6.54 Å². The molecule has 0 spiro atoms. The molecule has 0 bridgehead atoms. The molecule has 1 fully saturated rings. The van der Waals surface area contributed by atoms with Crippen LogP contribution in [0.5, 0.6) is 0 Å². The van der Waals surface area contributed by atoms with Crippen LogP contribution in [-0.4, -0.2) is 41.6 Å². The van der Waals surface area contributed by atoms with Gasteiger partial charge in [-0.05, 0) is 18.2 Å². The van der Waals surface area contributed by atoms with E-state index in [4.69, 9.17) is 27.9 Å². The molecular weight excluding hydrogens is 333 g/mol. The van der Waals surface area contributed by atoms with Gasteiger partial charge in [-0.3, -0.25) is 24.1 Å². The van der Waals surface area contributed by atoms with Gasteiger partial charge in [-0.25, -0.2) is 0 Å². The first-order chi connectivity index (χ1) is 10.4. The van der Waals surface area contributed by atoms with Crippen LogP contribution < -0.4 is 0 Å². The van der Waals surface area contributed by atoms with Crippen LogP contribution in [0.25, 0.3) is 0 Å². The summed E-state index contributed by atoms with van der Waals surface area (Å²) in [6.07, 6.45) is 0.177. The maximum Gasteiger partial charge on any atom is 0.326 e. The predicted octanol–water partition coefficient (Wildman–Crippen LogP) is 1.87. The molecule has 0 radical (unpaired) electrons. The first-order valence-electron chi connectivity index (χ1n) is 6.35. The molecule has 116 valence electrons. The third-order valence-corrected chi connectivity index (χ3v) is 3.59. The van der Waals surface area contributed by atoms with Crippen molar-refractivity contribution in [1.29, 1.82) is 0 Å². The molecule has 1 heterocycles. The smallest absolute Gasteiger partial charge is 0.326 e. The van der Waals surface area contributed by atoms with E-state index in [1.807, 2.05) is 0 Å². The minimum Gasteiger partial charge on any atom is -0.456 e. The second-order valence-corrected chi connectivity index (χ2v) is 5.43. The lowest BCUT2D eigenvalue weighted by molar-refractivity contribution is -0.151. The maximum atomic E-state index is 11.9. The van der Waals surface area contributed by atoms with E-state index in [0.717, 1.165) is 4.90 Å². The highest BCUT2D eigenvalue weighted by molar-refractivity contribution is 6.36. The Morgan fingerprint density at radius 3 is 2.36 bits per heavy atom. The molecule has 2 amide bonds. The summed E-state index contributed by atoms with van der Waals surface area (Å²) in [7, 11) is 0. The first-order valence-corrected chi connectivity index (χ1v) is 7.11. The van der Waals surface area contributed by atoms with E-state index in [2.05, 4.69) is 0 Å². The summed E-state index contributed by atoms with van der Waals surface area (Å²) in [4.78, 5) is 47.0. The van der Waals surface area contributed by atoms with E-state index >= 15 is 0 Å². The van der Waals surface area contributed by atoms with Crippen LogP contribution >= 0.6 is 23.2 Å². The molecule has 1 aliphatic heterocycles. The van der Waals surface area contributed by atoms with E-state index in [1.165, 1.54) is 18.2 Å². The molecule has 0 atom stereocenters. The Hall–Kier alpha value is -1.92. The topological polar surface area (TPSA) is 80.8 Å². The number of halogens is 2. The van der Waals surface area contributed by atoms with Gasteiger partial charge in [-0.1, -0.05) is 23.2 Å². The molecule has 8 heteroatoms. The SMILES string of the molecule is O=C(CN1C(=O)CCC1=O)OCC(=O)c1ccc(Cl)cc1Cl. The summed E-state index contributed by atoms with van der Waals surface area (Å²) in [6.45, 7) is -1.02. The highest BCUT2D eigenvalue weighted by Crippen LogP contribution is 2.21. The lowest BCUT2D eigenvalue weighted by Gasteiger charge is -2.12. The minimum absolute atomic E-state index is 0.0887. The van der Waals surface area contributed by atoms with Crippen LogP contribution in [0.1, 0.15) is 23.2 Å². The van der Waals surface area contributed by atoms with Gasteiger partial charge < -0.3 is 4.74 Å². The fourth-order valence-electron chi connectivity index (χ4n) is 1.91. The van der Waals surface area contributed by atoms with Crippen LogP contribution in [0.15, 0.2) is 18.2 Å². The summed E-state index contributed by atoms with van der Waals surface area (Å²) in [6, 6.07) is 4.32. The van der Waals surface area contributed by atoms with Gasteiger partial charge in [0.25, 0.3) is 0 Å². The average Bonchev–Trinajstić information content (AvgIpc) is 2.76. The second kappa shape index (κ2) is 6.89. The minimum atomic E-state index is -0.831. The molecule has 1 aromatic carbocycles. The highest BCUT2D eigenvalue weighted by Gasteiger charge is 2.31. The van der Waals surface area contributed by atoms with Crippen LogP contribution in [-0.2, 0) is 19.1 Å². The molecule has 22 heavy (non-hydrogen) atoms. The van der Waals surface area contributed by atoms with Crippen molar-refractivity contribution in [3.8, 4) is 0 Å². The lowest BCUT2D eigenvalue weighted by atomic mass is 10.1. The largest absolute Gasteiger partial charge is 0.456 e. The molecule has 0 aliphatic carbocycles. The summed E-state index contributed by atoms with van der Waals surface area (Å²) >= 11 is 11.6. The third kappa shape index (κ3) is 3.84. The summed E-state index contributed by atoms with van der Waals surface area (Å²) in [5.74, 6) is -2.18. The normalized spacial score (nSPS) is 14.4. The van der Waals surface area contributed by atoms with Gasteiger partial charge in [-0.2, -0.15) is 0 Å². The van der Waals surface area contributed by atoms with Crippen LogP contribution in [0.4, 0.5) is 0 Å². The third-order valence-electron chi connectivity index (χ3n) is 3.04. The van der Waals surface area contributed by atoms with Crippen molar-refractivity contribution in [3.05, 3.63) is 33.8 Å². The zero-order valence-electron chi connectivity index (χ0n) is 11.3. The van der Waals surface area contributed by atoms with E-state index in [0.29, 0.717) is 5.02 Å². The Balaban J connectivity index is 1.89. The van der Waals surface area contributed by atoms with Crippen molar-refractivity contribution in [2.24, 2.45) is 0 Å². The molecule has 0 N–H and O–H groups in total. The highest BCUT2D eigenvalue weighted by atomic mass is 35.5. The Morgan fingerprint density at radius 2 is 1.77 bits per heavy atom. The number of amides is 2. The Bertz CT molecular complexity index is 643. The van der Waals surface area contributed by atoms with Crippen molar-refractivity contribution < 1.29 is 23.9 Å². The Morgan fingerprint density at radius 1 is 1.14 bits per heavy atom. The molecule has 0 aromatic heterocycles. The number of Topliss-reactive ketones (excluding diaryl/α,β-unsaturated/α-hetero) is 1. The number of ketones is 1. The van der Waals surface area contributed by atoms with E-state index < -0.39 is 36.7 Å². The van der Waals surface area contributed by atoms with Gasteiger partial charge in [0.05, 0.1) is 5.02 Å². The predicted molar refractivity (Wildman–Crippen MR) is 77.7 cm³/mol. The molecule has 2 rings (SSSR count). The fourth-order valence-corrected chi connectivity index (χ4v) is 2.43. The van der Waals surface area contributed by atoms with Crippen molar-refractivity contribution in [2.45, 2.75) is 12.8 Å². The van der Waals surface area contributed by atoms with Gasteiger partial charge in [0, 0.05) is 23.4 Å². The van der Waals surface area contributed by atoms with Crippen LogP contribution in [0, 0.1) is 0 Å². The summed E-state index contributed by atoms with van der Waals surface area (Å²) in [5.41, 5.74) is 0.173. The lowest BCUT2D eigenvalue weighted by Crippen LogP contribution is -2.35. The number of esters is 1. The number of likely N-dealkylation sites (tertiary alicyclic amines) is 1. The molecule has 0 saturated carbocycles. The summed E-state index contributed by atoms with van der Waals surface area (Å²) < 4.78 is 4.78. The van der Waals surface area contributed by atoms with E-state index in [9.17, 15) is 19.2 Å². The molecule has 6 nitrogen and oxygen atoms in total. The maximum absolute atomic E-state index is 11.9. The molecular formula is C14H11Cl2NO5.